The van der Waals surface area contributed by atoms with Crippen molar-refractivity contribution in [3.63, 3.8) is 0 Å². The van der Waals surface area contributed by atoms with Crippen LogP contribution < -0.4 is 0 Å². The Hall–Kier alpha value is -2.43. The molecule has 0 bridgehead atoms. The Balaban J connectivity index is 1.50. The van der Waals surface area contributed by atoms with Crippen molar-refractivity contribution in [2.75, 3.05) is 20.1 Å². The third kappa shape index (κ3) is 7.51. The molecule has 1 aliphatic carbocycles. The van der Waals surface area contributed by atoms with E-state index in [9.17, 15) is 26.4 Å². The second kappa shape index (κ2) is 13.3. The molecule has 226 valence electrons. The first-order chi connectivity index (χ1) is 19.4. The van der Waals surface area contributed by atoms with Gasteiger partial charge in [-0.2, -0.15) is 17.5 Å². The maximum absolute atomic E-state index is 14.0. The molecule has 41 heavy (non-hydrogen) atoms. The lowest BCUT2D eigenvalue weighted by Gasteiger charge is -2.43. The fourth-order valence-corrected chi connectivity index (χ4v) is 8.32. The van der Waals surface area contributed by atoms with Gasteiger partial charge in [0.2, 0.25) is 15.9 Å². The van der Waals surface area contributed by atoms with Gasteiger partial charge in [0.1, 0.15) is 0 Å². The monoisotopic (exact) mass is 593 g/mol. The van der Waals surface area contributed by atoms with Gasteiger partial charge in [-0.15, -0.1) is 0 Å². The Labute approximate surface area is 242 Å². The van der Waals surface area contributed by atoms with E-state index < -0.39 is 33.8 Å². The summed E-state index contributed by atoms with van der Waals surface area (Å²) in [6.07, 6.45) is 2.53. The number of sulfonamides is 1. The second-order valence-corrected chi connectivity index (χ2v) is 13.5. The van der Waals surface area contributed by atoms with Crippen molar-refractivity contribution in [3.8, 4) is 0 Å². The SMILES string of the molecule is CC(C)N(C1CCN(C(=O)[C@H](Cc2ccccc2)N(C)C2CCCCC2)CC1)S(=O)(=O)c1cccc(C(F)(F)F)c1. The molecule has 0 spiro atoms. The summed E-state index contributed by atoms with van der Waals surface area (Å²) in [7, 11) is -2.13. The van der Waals surface area contributed by atoms with E-state index in [-0.39, 0.29) is 16.8 Å². The largest absolute Gasteiger partial charge is 0.416 e. The molecule has 1 amide bonds. The lowest BCUT2D eigenvalue weighted by Crippen LogP contribution is -2.56. The molecule has 0 N–H and O–H groups in total. The number of alkyl halides is 3. The molecule has 2 aromatic carbocycles. The van der Waals surface area contributed by atoms with E-state index >= 15 is 0 Å². The van der Waals surface area contributed by atoms with Crippen LogP contribution >= 0.6 is 0 Å². The highest BCUT2D eigenvalue weighted by atomic mass is 32.2. The fraction of sp³-hybridized carbons (Fsp3) is 0.581. The summed E-state index contributed by atoms with van der Waals surface area (Å²) in [5, 5.41) is 0. The van der Waals surface area contributed by atoms with Gasteiger partial charge in [-0.1, -0.05) is 55.7 Å². The molecule has 4 rings (SSSR count). The quantitative estimate of drug-likeness (QED) is 0.360. The van der Waals surface area contributed by atoms with E-state index in [0.717, 1.165) is 43.4 Å². The minimum atomic E-state index is -4.64. The summed E-state index contributed by atoms with van der Waals surface area (Å²) in [6, 6.07) is 13.1. The van der Waals surface area contributed by atoms with Crippen LogP contribution in [0.2, 0.25) is 0 Å². The molecule has 1 saturated heterocycles. The van der Waals surface area contributed by atoms with Crippen LogP contribution in [0, 0.1) is 0 Å². The van der Waals surface area contributed by atoms with Crippen molar-refractivity contribution >= 4 is 15.9 Å². The summed E-state index contributed by atoms with van der Waals surface area (Å²) < 4.78 is 68.5. The minimum Gasteiger partial charge on any atom is -0.341 e. The number of amides is 1. The maximum atomic E-state index is 14.0. The molecule has 2 aliphatic rings. The van der Waals surface area contributed by atoms with Gasteiger partial charge in [0.25, 0.3) is 0 Å². The molecule has 10 heteroatoms. The van der Waals surface area contributed by atoms with Crippen molar-refractivity contribution in [1.29, 1.82) is 0 Å². The molecule has 6 nitrogen and oxygen atoms in total. The van der Waals surface area contributed by atoms with Crippen LogP contribution in [0.3, 0.4) is 0 Å². The number of carbonyl (C=O) groups excluding carboxylic acids is 1. The van der Waals surface area contributed by atoms with Crippen LogP contribution in [-0.4, -0.2) is 72.7 Å². The molecule has 2 aromatic rings. The van der Waals surface area contributed by atoms with Gasteiger partial charge in [0, 0.05) is 31.2 Å². The van der Waals surface area contributed by atoms with Crippen molar-refractivity contribution < 1.29 is 26.4 Å². The van der Waals surface area contributed by atoms with E-state index in [1.54, 1.807) is 13.8 Å². The van der Waals surface area contributed by atoms with Crippen molar-refractivity contribution in [2.24, 2.45) is 0 Å². The summed E-state index contributed by atoms with van der Waals surface area (Å²) in [6.45, 7) is 4.26. The average molecular weight is 594 g/mol. The number of likely N-dealkylation sites (tertiary alicyclic amines) is 1. The number of piperidine rings is 1. The first kappa shape index (κ1) is 31.5. The third-order valence-corrected chi connectivity index (χ3v) is 10.7. The van der Waals surface area contributed by atoms with Crippen LogP contribution in [0.25, 0.3) is 0 Å². The van der Waals surface area contributed by atoms with Crippen LogP contribution in [0.15, 0.2) is 59.5 Å². The summed E-state index contributed by atoms with van der Waals surface area (Å²) in [5.41, 5.74) is 0.107. The standard InChI is InChI=1S/C31H42F3N3O3S/c1-23(2)37(41(39,40)28-16-10-13-25(22-28)31(32,33)34)27-17-19-36(20-18-27)30(38)29(21-24-11-6-4-7-12-24)35(3)26-14-8-5-9-15-26/h4,6-7,10-13,16,22-23,26-27,29H,5,8-9,14-15,17-21H2,1-3H3/t29-/m0/s1. The molecule has 1 saturated carbocycles. The van der Waals surface area contributed by atoms with Crippen molar-refractivity contribution in [3.05, 3.63) is 65.7 Å². The minimum absolute atomic E-state index is 0.0530. The molecule has 2 fully saturated rings. The Bertz CT molecular complexity index is 1260. The number of hydrogen-bond acceptors (Lipinski definition) is 4. The van der Waals surface area contributed by atoms with E-state index in [1.165, 1.54) is 16.8 Å². The molecule has 0 radical (unpaired) electrons. The number of halogens is 3. The smallest absolute Gasteiger partial charge is 0.341 e. The van der Waals surface area contributed by atoms with Gasteiger partial charge in [0.15, 0.2) is 0 Å². The molecule has 1 atom stereocenters. The first-order valence-electron chi connectivity index (χ1n) is 14.6. The van der Waals surface area contributed by atoms with E-state index in [1.807, 2.05) is 35.2 Å². The number of benzene rings is 2. The Kier molecular flexibility index (Phi) is 10.2. The third-order valence-electron chi connectivity index (χ3n) is 8.58. The Morgan fingerprint density at radius 3 is 2.15 bits per heavy atom. The maximum Gasteiger partial charge on any atom is 0.416 e. The molecule has 0 aromatic heterocycles. The Morgan fingerprint density at radius 2 is 1.56 bits per heavy atom. The van der Waals surface area contributed by atoms with Crippen LogP contribution in [0.5, 0.6) is 0 Å². The van der Waals surface area contributed by atoms with Crippen LogP contribution in [0.4, 0.5) is 13.2 Å². The van der Waals surface area contributed by atoms with E-state index in [4.69, 9.17) is 0 Å². The lowest BCUT2D eigenvalue weighted by atomic mass is 9.92. The van der Waals surface area contributed by atoms with Gasteiger partial charge in [-0.25, -0.2) is 8.42 Å². The molecular weight excluding hydrogens is 551 g/mol. The Morgan fingerprint density at radius 1 is 0.927 bits per heavy atom. The zero-order valence-electron chi connectivity index (χ0n) is 24.2. The zero-order valence-corrected chi connectivity index (χ0v) is 25.0. The number of hydrogen-bond donors (Lipinski definition) is 0. The molecule has 1 heterocycles. The lowest BCUT2D eigenvalue weighted by molar-refractivity contribution is -0.139. The number of nitrogens with zero attached hydrogens (tertiary/aromatic N) is 3. The van der Waals surface area contributed by atoms with Gasteiger partial charge in [-0.3, -0.25) is 9.69 Å². The number of carbonyl (C=O) groups is 1. The fourth-order valence-electron chi connectivity index (χ4n) is 6.39. The normalized spacial score (nSPS) is 18.8. The van der Waals surface area contributed by atoms with Crippen LogP contribution in [0.1, 0.15) is 69.9 Å². The zero-order chi connectivity index (χ0) is 29.8. The van der Waals surface area contributed by atoms with Crippen molar-refractivity contribution in [1.82, 2.24) is 14.1 Å². The second-order valence-electron chi connectivity index (χ2n) is 11.7. The number of likely N-dealkylation sites (N-methyl/N-ethyl adjacent to an activating group) is 1. The molecule has 0 unspecified atom stereocenters. The molecular formula is C31H42F3N3O3S. The predicted molar refractivity (Wildman–Crippen MR) is 154 cm³/mol. The van der Waals surface area contributed by atoms with E-state index in [0.29, 0.717) is 44.5 Å². The van der Waals surface area contributed by atoms with Gasteiger partial charge < -0.3 is 4.90 Å². The predicted octanol–water partition coefficient (Wildman–Crippen LogP) is 5.97. The van der Waals surface area contributed by atoms with Gasteiger partial charge in [0.05, 0.1) is 16.5 Å². The number of rotatable bonds is 9. The van der Waals surface area contributed by atoms with E-state index in [2.05, 4.69) is 11.9 Å². The van der Waals surface area contributed by atoms with Gasteiger partial charge in [-0.05, 0) is 76.8 Å². The summed E-state index contributed by atoms with van der Waals surface area (Å²) >= 11 is 0. The average Bonchev–Trinajstić information content (AvgIpc) is 2.96. The summed E-state index contributed by atoms with van der Waals surface area (Å²) in [4.78, 5) is 17.7. The highest BCUT2D eigenvalue weighted by molar-refractivity contribution is 7.89. The van der Waals surface area contributed by atoms with Crippen LogP contribution in [-0.2, 0) is 27.4 Å². The van der Waals surface area contributed by atoms with Gasteiger partial charge >= 0.3 is 6.18 Å². The van der Waals surface area contributed by atoms with Crippen molar-refractivity contribution in [2.45, 2.75) is 100 Å². The molecule has 1 aliphatic heterocycles. The highest BCUT2D eigenvalue weighted by Gasteiger charge is 2.40. The first-order valence-corrected chi connectivity index (χ1v) is 16.1. The topological polar surface area (TPSA) is 60.9 Å². The summed E-state index contributed by atoms with van der Waals surface area (Å²) in [5.74, 6) is 0.0530. The highest BCUT2D eigenvalue weighted by Crippen LogP contribution is 2.33.